The number of hydrogen-bond acceptors (Lipinski definition) is 7. The molecular formula is C19H18ClFN4O3S3. The van der Waals surface area contributed by atoms with Crippen LogP contribution < -0.4 is 10.0 Å². The van der Waals surface area contributed by atoms with Crippen LogP contribution in [0.5, 0.6) is 0 Å². The molecule has 0 aliphatic carbocycles. The normalized spacial score (nSPS) is 11.5. The Kier molecular flexibility index (Phi) is 8.00. The van der Waals surface area contributed by atoms with Gasteiger partial charge in [0.15, 0.2) is 0 Å². The van der Waals surface area contributed by atoms with Crippen LogP contribution in [0.1, 0.15) is 21.5 Å². The highest BCUT2D eigenvalue weighted by Crippen LogP contribution is 2.24. The maximum Gasteiger partial charge on any atom is 0.269 e. The summed E-state index contributed by atoms with van der Waals surface area (Å²) in [4.78, 5) is 12.3. The summed E-state index contributed by atoms with van der Waals surface area (Å²) in [5.74, 6) is -0.0650. The lowest BCUT2D eigenvalue weighted by Crippen LogP contribution is -2.26. The number of carbonyl (C=O) groups excluding carboxylic acids is 1. The summed E-state index contributed by atoms with van der Waals surface area (Å²) >= 11 is 8.07. The van der Waals surface area contributed by atoms with E-state index in [0.29, 0.717) is 27.7 Å². The molecule has 2 aromatic carbocycles. The average Bonchev–Trinajstić information content (AvgIpc) is 3.19. The highest BCUT2D eigenvalue weighted by atomic mass is 35.5. The van der Waals surface area contributed by atoms with Crippen LogP contribution in [0, 0.1) is 12.7 Å². The minimum absolute atomic E-state index is 0.0807. The number of halogens is 2. The Morgan fingerprint density at radius 1 is 1.19 bits per heavy atom. The SMILES string of the molecule is Cc1ccccc1C(=O)Nc1nnc(S(=O)(=O)NCCSCc2c(F)cccc2Cl)s1. The van der Waals surface area contributed by atoms with Gasteiger partial charge < -0.3 is 0 Å². The van der Waals surface area contributed by atoms with Crippen molar-refractivity contribution in [1.82, 2.24) is 14.9 Å². The van der Waals surface area contributed by atoms with Crippen molar-refractivity contribution in [2.75, 3.05) is 17.6 Å². The zero-order chi connectivity index (χ0) is 22.4. The van der Waals surface area contributed by atoms with Gasteiger partial charge in [0, 0.05) is 34.2 Å². The minimum Gasteiger partial charge on any atom is -0.296 e. The number of nitrogens with zero attached hydrogens (tertiary/aromatic N) is 2. The molecule has 12 heteroatoms. The van der Waals surface area contributed by atoms with E-state index in [1.807, 2.05) is 6.07 Å². The maximum atomic E-state index is 13.7. The first-order valence-electron chi connectivity index (χ1n) is 8.98. The largest absolute Gasteiger partial charge is 0.296 e. The summed E-state index contributed by atoms with van der Waals surface area (Å²) in [5.41, 5.74) is 1.63. The van der Waals surface area contributed by atoms with Crippen LogP contribution in [0.15, 0.2) is 46.8 Å². The van der Waals surface area contributed by atoms with Crippen LogP contribution in [-0.2, 0) is 15.8 Å². The number of sulfonamides is 1. The molecule has 1 aromatic heterocycles. The Bertz CT molecular complexity index is 1170. The highest BCUT2D eigenvalue weighted by molar-refractivity contribution is 7.98. The van der Waals surface area contributed by atoms with Crippen LogP contribution in [0.3, 0.4) is 0 Å². The average molecular weight is 501 g/mol. The van der Waals surface area contributed by atoms with E-state index in [-0.39, 0.29) is 16.0 Å². The van der Waals surface area contributed by atoms with Gasteiger partial charge in [-0.25, -0.2) is 17.5 Å². The van der Waals surface area contributed by atoms with E-state index >= 15 is 0 Å². The number of amides is 1. The zero-order valence-corrected chi connectivity index (χ0v) is 19.5. The summed E-state index contributed by atoms with van der Waals surface area (Å²) in [6, 6.07) is 11.5. The third-order valence-corrected chi connectivity index (χ3v) is 8.10. The van der Waals surface area contributed by atoms with Crippen molar-refractivity contribution in [3.05, 3.63) is 70.0 Å². The van der Waals surface area contributed by atoms with Crippen LogP contribution in [0.2, 0.25) is 5.02 Å². The lowest BCUT2D eigenvalue weighted by molar-refractivity contribution is 0.102. The molecule has 2 N–H and O–H groups in total. The second-order valence-electron chi connectivity index (χ2n) is 6.29. The standard InChI is InChI=1S/C19H18ClFN4O3S3/c1-12-5-2-3-6-13(12)17(26)23-18-24-25-19(30-18)31(27,28)22-9-10-29-11-14-15(20)7-4-8-16(14)21/h2-8,22H,9-11H2,1H3,(H,23,24,26). The molecule has 0 spiro atoms. The van der Waals surface area contributed by atoms with E-state index in [0.717, 1.165) is 16.9 Å². The van der Waals surface area contributed by atoms with E-state index in [1.165, 1.54) is 23.9 Å². The molecule has 3 rings (SSSR count). The third-order valence-electron chi connectivity index (χ3n) is 4.09. The number of hydrogen-bond donors (Lipinski definition) is 2. The van der Waals surface area contributed by atoms with E-state index in [4.69, 9.17) is 11.6 Å². The van der Waals surface area contributed by atoms with Gasteiger partial charge in [-0.2, -0.15) is 11.8 Å². The number of aryl methyl sites for hydroxylation is 1. The smallest absolute Gasteiger partial charge is 0.269 e. The van der Waals surface area contributed by atoms with Crippen molar-refractivity contribution >= 4 is 55.8 Å². The molecule has 0 aliphatic rings. The number of anilines is 1. The Morgan fingerprint density at radius 2 is 1.97 bits per heavy atom. The molecule has 3 aromatic rings. The fourth-order valence-corrected chi connectivity index (χ4v) is 5.81. The lowest BCUT2D eigenvalue weighted by atomic mass is 10.1. The molecule has 0 radical (unpaired) electrons. The number of aromatic nitrogens is 2. The van der Waals surface area contributed by atoms with Crippen molar-refractivity contribution in [3.8, 4) is 0 Å². The molecule has 0 unspecified atom stereocenters. The van der Waals surface area contributed by atoms with Gasteiger partial charge in [-0.3, -0.25) is 10.1 Å². The Labute approximate surface area is 192 Å². The third kappa shape index (κ3) is 6.23. The number of thioether (sulfide) groups is 1. The molecule has 0 saturated heterocycles. The zero-order valence-electron chi connectivity index (χ0n) is 16.3. The maximum absolute atomic E-state index is 13.7. The van der Waals surface area contributed by atoms with Gasteiger partial charge in [-0.15, -0.1) is 10.2 Å². The molecule has 0 aliphatic heterocycles. The topological polar surface area (TPSA) is 101 Å². The molecule has 7 nitrogen and oxygen atoms in total. The first-order chi connectivity index (χ1) is 14.8. The molecule has 1 amide bonds. The Hall–Kier alpha value is -2.05. The molecule has 31 heavy (non-hydrogen) atoms. The molecule has 1 heterocycles. The number of benzene rings is 2. The van der Waals surface area contributed by atoms with Crippen molar-refractivity contribution < 1.29 is 17.6 Å². The van der Waals surface area contributed by atoms with E-state index < -0.39 is 21.7 Å². The second-order valence-corrected chi connectivity index (χ2v) is 10.7. The van der Waals surface area contributed by atoms with E-state index in [2.05, 4.69) is 20.2 Å². The second kappa shape index (κ2) is 10.5. The molecule has 164 valence electrons. The lowest BCUT2D eigenvalue weighted by Gasteiger charge is -2.06. The minimum atomic E-state index is -3.88. The first-order valence-corrected chi connectivity index (χ1v) is 12.8. The molecule has 0 saturated carbocycles. The monoisotopic (exact) mass is 500 g/mol. The van der Waals surface area contributed by atoms with Crippen molar-refractivity contribution in [2.45, 2.75) is 17.0 Å². The van der Waals surface area contributed by atoms with Crippen LogP contribution in [0.25, 0.3) is 0 Å². The van der Waals surface area contributed by atoms with Crippen LogP contribution in [-0.4, -0.2) is 36.8 Å². The van der Waals surface area contributed by atoms with Gasteiger partial charge >= 0.3 is 0 Å². The van der Waals surface area contributed by atoms with Crippen LogP contribution in [0.4, 0.5) is 9.52 Å². The van der Waals surface area contributed by atoms with Crippen LogP contribution >= 0.6 is 34.7 Å². The number of rotatable bonds is 9. The van der Waals surface area contributed by atoms with E-state index in [1.54, 1.807) is 31.2 Å². The van der Waals surface area contributed by atoms with Gasteiger partial charge in [0.2, 0.25) is 9.47 Å². The highest BCUT2D eigenvalue weighted by Gasteiger charge is 2.21. The van der Waals surface area contributed by atoms with Gasteiger partial charge in [0.1, 0.15) is 5.82 Å². The van der Waals surface area contributed by atoms with Crippen molar-refractivity contribution in [3.63, 3.8) is 0 Å². The summed E-state index contributed by atoms with van der Waals surface area (Å²) in [6.07, 6.45) is 0. The van der Waals surface area contributed by atoms with Crippen molar-refractivity contribution in [2.24, 2.45) is 0 Å². The first kappa shape index (κ1) is 23.6. The molecular weight excluding hydrogens is 483 g/mol. The van der Waals surface area contributed by atoms with Gasteiger partial charge in [0.05, 0.1) is 0 Å². The summed E-state index contributed by atoms with van der Waals surface area (Å²) in [7, 11) is -3.88. The van der Waals surface area contributed by atoms with Gasteiger partial charge in [0.25, 0.3) is 15.9 Å². The fourth-order valence-electron chi connectivity index (χ4n) is 2.52. The summed E-state index contributed by atoms with van der Waals surface area (Å²) in [5, 5.41) is 10.4. The number of nitrogens with one attached hydrogen (secondary N) is 2. The van der Waals surface area contributed by atoms with Crippen molar-refractivity contribution in [1.29, 1.82) is 0 Å². The molecule has 0 bridgehead atoms. The number of carbonyl (C=O) groups is 1. The Balaban J connectivity index is 1.51. The predicted molar refractivity (Wildman–Crippen MR) is 122 cm³/mol. The van der Waals surface area contributed by atoms with E-state index in [9.17, 15) is 17.6 Å². The quantitative estimate of drug-likeness (QED) is 0.339. The Morgan fingerprint density at radius 3 is 2.71 bits per heavy atom. The molecule has 0 fully saturated rings. The van der Waals surface area contributed by atoms with Gasteiger partial charge in [-0.05, 0) is 30.7 Å². The summed E-state index contributed by atoms with van der Waals surface area (Å²) in [6.45, 7) is 1.91. The predicted octanol–water partition coefficient (Wildman–Crippen LogP) is 4.10. The molecule has 0 atom stereocenters. The fraction of sp³-hybridized carbons (Fsp3) is 0.211. The summed E-state index contributed by atoms with van der Waals surface area (Å²) < 4.78 is 40.7. The van der Waals surface area contributed by atoms with Gasteiger partial charge in [-0.1, -0.05) is 47.2 Å².